The molecule has 0 saturated heterocycles. The van der Waals surface area contributed by atoms with E-state index in [2.05, 4.69) is 20.1 Å². The Hall–Kier alpha value is -2.35. The van der Waals surface area contributed by atoms with E-state index in [4.69, 9.17) is 4.74 Å². The lowest BCUT2D eigenvalue weighted by molar-refractivity contribution is 0.0600. The third kappa shape index (κ3) is 4.73. The summed E-state index contributed by atoms with van der Waals surface area (Å²) in [5.41, 5.74) is 0.811. The smallest absolute Gasteiger partial charge is 0.337 e. The van der Waals surface area contributed by atoms with E-state index in [1.165, 1.54) is 32.8 Å². The highest BCUT2D eigenvalue weighted by atomic mass is 32.2. The second-order valence-corrected chi connectivity index (χ2v) is 7.62. The number of aromatic nitrogens is 3. The fraction of sp³-hybridized carbons (Fsp3) is 0.500. The third-order valence-electron chi connectivity index (χ3n) is 5.02. The molecule has 1 heterocycles. The number of methoxy groups -OCH3 is 1. The Morgan fingerprint density at radius 2 is 2.00 bits per heavy atom. The minimum absolute atomic E-state index is 0.201. The van der Waals surface area contributed by atoms with E-state index < -0.39 is 5.97 Å². The summed E-state index contributed by atoms with van der Waals surface area (Å²) >= 11 is 1.63. The Balaban J connectivity index is 1.54. The molecule has 8 heteroatoms. The molecule has 1 fully saturated rings. The highest BCUT2D eigenvalue weighted by Gasteiger charge is 2.23. The number of amides is 1. The largest absolute Gasteiger partial charge is 0.465 e. The summed E-state index contributed by atoms with van der Waals surface area (Å²) in [7, 11) is 1.32. The lowest BCUT2D eigenvalue weighted by Crippen LogP contribution is -2.25. The SMILES string of the molecule is COC(=O)c1cccc(C(=O)NCCCc2nnc(SC)n2C2CCCC2)c1. The van der Waals surface area contributed by atoms with Gasteiger partial charge in [-0.15, -0.1) is 10.2 Å². The number of aryl methyl sites for hydroxylation is 1. The summed E-state index contributed by atoms with van der Waals surface area (Å²) in [6.07, 6.45) is 8.47. The molecular formula is C20H26N4O3S. The molecule has 3 rings (SSSR count). The molecule has 0 bridgehead atoms. The second kappa shape index (κ2) is 9.73. The number of benzene rings is 1. The standard InChI is InChI=1S/C20H26N4O3S/c1-27-19(26)15-8-5-7-14(13-15)18(25)21-12-6-11-17-22-23-20(28-2)24(17)16-9-3-4-10-16/h5,7-8,13,16H,3-4,6,9-12H2,1-2H3,(H,21,25). The van der Waals surface area contributed by atoms with E-state index in [0.29, 0.717) is 23.7 Å². The molecule has 1 N–H and O–H groups in total. The van der Waals surface area contributed by atoms with Crippen LogP contribution in [0.4, 0.5) is 0 Å². The van der Waals surface area contributed by atoms with Gasteiger partial charge in [0, 0.05) is 24.6 Å². The monoisotopic (exact) mass is 402 g/mol. The first kappa shape index (κ1) is 20.4. The zero-order valence-corrected chi connectivity index (χ0v) is 17.1. The van der Waals surface area contributed by atoms with Gasteiger partial charge in [-0.2, -0.15) is 0 Å². The van der Waals surface area contributed by atoms with Crippen molar-refractivity contribution < 1.29 is 14.3 Å². The fourth-order valence-corrected chi connectivity index (χ4v) is 4.18. The highest BCUT2D eigenvalue weighted by molar-refractivity contribution is 7.98. The first-order valence-corrected chi connectivity index (χ1v) is 10.8. The maximum absolute atomic E-state index is 12.3. The summed E-state index contributed by atoms with van der Waals surface area (Å²) in [5.74, 6) is 0.344. The van der Waals surface area contributed by atoms with E-state index in [1.54, 1.807) is 36.0 Å². The van der Waals surface area contributed by atoms with E-state index in [-0.39, 0.29) is 5.91 Å². The summed E-state index contributed by atoms with van der Waals surface area (Å²) < 4.78 is 6.99. The predicted octanol–water partition coefficient (Wildman–Crippen LogP) is 3.26. The number of nitrogens with zero attached hydrogens (tertiary/aromatic N) is 3. The molecule has 7 nitrogen and oxygen atoms in total. The number of hydrogen-bond acceptors (Lipinski definition) is 6. The molecule has 1 aliphatic carbocycles. The first-order valence-electron chi connectivity index (χ1n) is 9.58. The maximum Gasteiger partial charge on any atom is 0.337 e. The number of esters is 1. The molecular weight excluding hydrogens is 376 g/mol. The molecule has 0 atom stereocenters. The van der Waals surface area contributed by atoms with Gasteiger partial charge >= 0.3 is 5.97 Å². The molecule has 0 aliphatic heterocycles. The van der Waals surface area contributed by atoms with Crippen LogP contribution >= 0.6 is 11.8 Å². The molecule has 1 aliphatic rings. The Morgan fingerprint density at radius 1 is 1.25 bits per heavy atom. The summed E-state index contributed by atoms with van der Waals surface area (Å²) in [4.78, 5) is 23.9. The molecule has 0 radical (unpaired) electrons. The van der Waals surface area contributed by atoms with Gasteiger partial charge in [0.25, 0.3) is 5.91 Å². The van der Waals surface area contributed by atoms with Crippen LogP contribution in [0, 0.1) is 0 Å². The normalized spacial score (nSPS) is 14.2. The van der Waals surface area contributed by atoms with Gasteiger partial charge in [0.05, 0.1) is 12.7 Å². The zero-order chi connectivity index (χ0) is 19.9. The molecule has 1 saturated carbocycles. The van der Waals surface area contributed by atoms with E-state index >= 15 is 0 Å². The molecule has 2 aromatic rings. The minimum Gasteiger partial charge on any atom is -0.465 e. The van der Waals surface area contributed by atoms with Gasteiger partial charge in [-0.25, -0.2) is 4.79 Å². The van der Waals surface area contributed by atoms with E-state index in [0.717, 1.165) is 23.8 Å². The summed E-state index contributed by atoms with van der Waals surface area (Å²) in [6, 6.07) is 7.03. The van der Waals surface area contributed by atoms with Crippen LogP contribution in [0.3, 0.4) is 0 Å². The number of ether oxygens (including phenoxy) is 1. The summed E-state index contributed by atoms with van der Waals surface area (Å²) in [6.45, 7) is 0.535. The van der Waals surface area contributed by atoms with Crippen molar-refractivity contribution >= 4 is 23.6 Å². The number of carbonyl (C=O) groups excluding carboxylic acids is 2. The number of nitrogens with one attached hydrogen (secondary N) is 1. The molecule has 1 aromatic carbocycles. The Kier molecular flexibility index (Phi) is 7.08. The van der Waals surface area contributed by atoms with E-state index in [1.807, 2.05) is 6.26 Å². The van der Waals surface area contributed by atoms with Crippen molar-refractivity contribution in [3.05, 3.63) is 41.2 Å². The number of hydrogen-bond donors (Lipinski definition) is 1. The van der Waals surface area contributed by atoms with Gasteiger partial charge in [-0.1, -0.05) is 30.7 Å². The van der Waals surface area contributed by atoms with E-state index in [9.17, 15) is 9.59 Å². The van der Waals surface area contributed by atoms with Gasteiger partial charge in [0.15, 0.2) is 5.16 Å². The van der Waals surface area contributed by atoms with Crippen LogP contribution in [0.5, 0.6) is 0 Å². The predicted molar refractivity (Wildman–Crippen MR) is 108 cm³/mol. The summed E-state index contributed by atoms with van der Waals surface area (Å²) in [5, 5.41) is 12.6. The number of thioether (sulfide) groups is 1. The Labute approximate surface area is 169 Å². The Morgan fingerprint density at radius 3 is 2.71 bits per heavy atom. The minimum atomic E-state index is -0.453. The van der Waals surface area contributed by atoms with Gasteiger partial charge in [-0.05, 0) is 43.7 Å². The van der Waals surface area contributed by atoms with Crippen LogP contribution in [0.25, 0.3) is 0 Å². The van der Waals surface area contributed by atoms with Crippen molar-refractivity contribution in [2.75, 3.05) is 19.9 Å². The second-order valence-electron chi connectivity index (χ2n) is 6.84. The molecule has 0 unspecified atom stereocenters. The zero-order valence-electron chi connectivity index (χ0n) is 16.3. The van der Waals surface area contributed by atoms with Crippen LogP contribution in [-0.2, 0) is 11.2 Å². The molecule has 1 amide bonds. The van der Waals surface area contributed by atoms with Crippen LogP contribution in [0.1, 0.15) is 64.7 Å². The van der Waals surface area contributed by atoms with Gasteiger partial charge in [-0.3, -0.25) is 4.79 Å². The third-order valence-corrected chi connectivity index (χ3v) is 5.66. The van der Waals surface area contributed by atoms with Crippen LogP contribution in [-0.4, -0.2) is 46.6 Å². The molecule has 28 heavy (non-hydrogen) atoms. The van der Waals surface area contributed by atoms with Gasteiger partial charge in [0.2, 0.25) is 0 Å². The average Bonchev–Trinajstić information content (AvgIpc) is 3.39. The van der Waals surface area contributed by atoms with Crippen LogP contribution in [0.2, 0.25) is 0 Å². The average molecular weight is 403 g/mol. The van der Waals surface area contributed by atoms with Crippen molar-refractivity contribution in [2.24, 2.45) is 0 Å². The number of carbonyl (C=O) groups is 2. The lowest BCUT2D eigenvalue weighted by atomic mass is 10.1. The maximum atomic E-state index is 12.3. The van der Waals surface area contributed by atoms with Crippen molar-refractivity contribution in [2.45, 2.75) is 49.7 Å². The molecule has 0 spiro atoms. The van der Waals surface area contributed by atoms with Gasteiger partial charge < -0.3 is 14.6 Å². The van der Waals surface area contributed by atoms with Crippen molar-refractivity contribution in [3.63, 3.8) is 0 Å². The topological polar surface area (TPSA) is 86.1 Å². The van der Waals surface area contributed by atoms with Gasteiger partial charge in [0.1, 0.15) is 5.82 Å². The van der Waals surface area contributed by atoms with Crippen molar-refractivity contribution in [3.8, 4) is 0 Å². The first-order chi connectivity index (χ1) is 13.6. The number of rotatable bonds is 8. The Bertz CT molecular complexity index is 831. The lowest BCUT2D eigenvalue weighted by Gasteiger charge is -2.16. The van der Waals surface area contributed by atoms with Crippen molar-refractivity contribution in [1.82, 2.24) is 20.1 Å². The molecule has 1 aromatic heterocycles. The van der Waals surface area contributed by atoms with Crippen LogP contribution in [0.15, 0.2) is 29.4 Å². The fourth-order valence-electron chi connectivity index (χ4n) is 3.60. The van der Waals surface area contributed by atoms with Crippen LogP contribution < -0.4 is 5.32 Å². The highest BCUT2D eigenvalue weighted by Crippen LogP contribution is 2.33. The van der Waals surface area contributed by atoms with Crippen molar-refractivity contribution in [1.29, 1.82) is 0 Å². The quantitative estimate of drug-likeness (QED) is 0.414. The molecule has 150 valence electrons.